The summed E-state index contributed by atoms with van der Waals surface area (Å²) in [6.07, 6.45) is 4.64. The molecular weight excluding hydrogens is 364 g/mol. The van der Waals surface area contributed by atoms with Gasteiger partial charge in [0.25, 0.3) is 5.69 Å². The number of aromatic nitrogens is 1. The first kappa shape index (κ1) is 17.0. The Morgan fingerprint density at radius 3 is 2.48 bits per heavy atom. The fourth-order valence-electron chi connectivity index (χ4n) is 2.93. The number of nitro groups is 1. The smallest absolute Gasteiger partial charge is 0.270 e. The molecule has 1 heterocycles. The third kappa shape index (κ3) is 3.09. The van der Waals surface area contributed by atoms with Gasteiger partial charge in [-0.25, -0.2) is 0 Å². The van der Waals surface area contributed by atoms with Crippen LogP contribution in [0.4, 0.5) is 5.69 Å². The largest absolute Gasteiger partial charge is 0.286 e. The number of allylic oxidation sites excluding steroid dienone is 1. The fraction of sp³-hybridized carbons (Fsp3) is 0. The van der Waals surface area contributed by atoms with Crippen molar-refractivity contribution in [3.8, 4) is 11.1 Å². The second-order valence-electron chi connectivity index (χ2n) is 5.87. The quantitative estimate of drug-likeness (QED) is 0.383. The molecule has 2 aromatic carbocycles. The number of Topliss-reactive ketones (excluding diaryl/α,β-unsaturated/α-hetero) is 1. The molecule has 0 saturated heterocycles. The van der Waals surface area contributed by atoms with Gasteiger partial charge < -0.3 is 0 Å². The van der Waals surface area contributed by atoms with Crippen LogP contribution >= 0.6 is 11.9 Å². The normalized spacial score (nSPS) is 12.9. The minimum absolute atomic E-state index is 0.00824. The zero-order chi connectivity index (χ0) is 19.0. The van der Waals surface area contributed by atoms with Gasteiger partial charge in [0.1, 0.15) is 0 Å². The van der Waals surface area contributed by atoms with Crippen molar-refractivity contribution in [1.82, 2.24) is 3.97 Å². The van der Waals surface area contributed by atoms with Gasteiger partial charge in [-0.05, 0) is 35.7 Å². The first-order valence-corrected chi connectivity index (χ1v) is 8.82. The summed E-state index contributed by atoms with van der Waals surface area (Å²) in [5.41, 5.74) is 2.42. The van der Waals surface area contributed by atoms with Gasteiger partial charge >= 0.3 is 0 Å². The van der Waals surface area contributed by atoms with E-state index in [-0.39, 0.29) is 5.69 Å². The lowest BCUT2D eigenvalue weighted by Crippen LogP contribution is -2.16. The average molecular weight is 376 g/mol. The van der Waals surface area contributed by atoms with Crippen molar-refractivity contribution in [3.63, 3.8) is 0 Å². The SMILES string of the molecule is O=C1C=Cc2c(c(-c3ccccc3)cn2Sc2cccc([N+](=O)[O-])c2)C1=O. The van der Waals surface area contributed by atoms with Crippen molar-refractivity contribution in [2.45, 2.75) is 4.90 Å². The second-order valence-corrected chi connectivity index (χ2v) is 6.91. The number of ketones is 2. The molecule has 0 atom stereocenters. The van der Waals surface area contributed by atoms with E-state index in [2.05, 4.69) is 0 Å². The van der Waals surface area contributed by atoms with E-state index in [0.29, 0.717) is 21.7 Å². The standard InChI is InChI=1S/C20H12N2O4S/c23-18-10-9-17-19(20(18)24)16(13-5-2-1-3-6-13)12-21(17)27-15-8-4-7-14(11-15)22(25)26/h1-12H. The van der Waals surface area contributed by atoms with E-state index in [0.717, 1.165) is 5.56 Å². The van der Waals surface area contributed by atoms with E-state index in [1.54, 1.807) is 28.4 Å². The lowest BCUT2D eigenvalue weighted by Gasteiger charge is -2.09. The van der Waals surface area contributed by atoms with Crippen molar-refractivity contribution >= 4 is 35.3 Å². The zero-order valence-corrected chi connectivity index (χ0v) is 14.7. The van der Waals surface area contributed by atoms with E-state index in [9.17, 15) is 19.7 Å². The number of nitro benzene ring substituents is 1. The van der Waals surface area contributed by atoms with Gasteiger partial charge in [-0.3, -0.25) is 23.7 Å². The van der Waals surface area contributed by atoms with Crippen LogP contribution in [0.2, 0.25) is 0 Å². The van der Waals surface area contributed by atoms with Crippen LogP contribution in [0.5, 0.6) is 0 Å². The number of hydrogen-bond acceptors (Lipinski definition) is 5. The number of carbonyl (C=O) groups excluding carboxylic acids is 2. The van der Waals surface area contributed by atoms with E-state index < -0.39 is 16.5 Å². The molecule has 4 rings (SSSR count). The third-order valence-electron chi connectivity index (χ3n) is 4.17. The summed E-state index contributed by atoms with van der Waals surface area (Å²) in [6, 6.07) is 15.6. The van der Waals surface area contributed by atoms with Crippen molar-refractivity contribution in [2.24, 2.45) is 0 Å². The highest BCUT2D eigenvalue weighted by atomic mass is 32.2. The summed E-state index contributed by atoms with van der Waals surface area (Å²) >= 11 is 1.25. The summed E-state index contributed by atoms with van der Waals surface area (Å²) in [7, 11) is 0. The second kappa shape index (κ2) is 6.69. The predicted molar refractivity (Wildman–Crippen MR) is 103 cm³/mol. The van der Waals surface area contributed by atoms with Crippen LogP contribution in [0.25, 0.3) is 17.2 Å². The molecule has 1 aliphatic rings. The lowest BCUT2D eigenvalue weighted by atomic mass is 9.94. The van der Waals surface area contributed by atoms with E-state index in [1.165, 1.54) is 30.2 Å². The minimum Gasteiger partial charge on any atom is -0.286 e. The molecule has 0 saturated carbocycles. The summed E-state index contributed by atoms with van der Waals surface area (Å²) in [6.45, 7) is 0. The van der Waals surface area contributed by atoms with E-state index >= 15 is 0 Å². The van der Waals surface area contributed by atoms with Crippen LogP contribution in [0.1, 0.15) is 16.1 Å². The molecule has 3 aromatic rings. The Kier molecular flexibility index (Phi) is 4.21. The molecule has 0 aliphatic heterocycles. The van der Waals surface area contributed by atoms with Crippen molar-refractivity contribution < 1.29 is 14.5 Å². The highest BCUT2D eigenvalue weighted by Gasteiger charge is 2.29. The first-order chi connectivity index (χ1) is 13.0. The van der Waals surface area contributed by atoms with Crippen LogP contribution in [-0.4, -0.2) is 20.5 Å². The molecule has 0 amide bonds. The van der Waals surface area contributed by atoms with E-state index in [1.807, 2.05) is 30.3 Å². The molecule has 1 aliphatic carbocycles. The molecule has 6 nitrogen and oxygen atoms in total. The Hall–Kier alpha value is -3.45. The molecule has 0 radical (unpaired) electrons. The summed E-state index contributed by atoms with van der Waals surface area (Å²) in [5.74, 6) is -1.11. The Bertz CT molecular complexity index is 1120. The van der Waals surface area contributed by atoms with Crippen molar-refractivity contribution in [3.05, 3.63) is 88.2 Å². The number of benzene rings is 2. The van der Waals surface area contributed by atoms with Crippen molar-refractivity contribution in [2.75, 3.05) is 0 Å². The number of non-ortho nitro benzene ring substituents is 1. The molecule has 132 valence electrons. The third-order valence-corrected chi connectivity index (χ3v) is 5.13. The summed E-state index contributed by atoms with van der Waals surface area (Å²) in [5, 5.41) is 11.0. The number of nitrogens with zero attached hydrogens (tertiary/aromatic N) is 2. The van der Waals surface area contributed by atoms with E-state index in [4.69, 9.17) is 0 Å². The lowest BCUT2D eigenvalue weighted by molar-refractivity contribution is -0.385. The van der Waals surface area contributed by atoms with Crippen LogP contribution in [-0.2, 0) is 4.79 Å². The summed E-state index contributed by atoms with van der Waals surface area (Å²) < 4.78 is 1.76. The fourth-order valence-corrected chi connectivity index (χ4v) is 3.88. The van der Waals surface area contributed by atoms with Gasteiger partial charge in [0.15, 0.2) is 0 Å². The first-order valence-electron chi connectivity index (χ1n) is 8.05. The van der Waals surface area contributed by atoms with Crippen molar-refractivity contribution in [1.29, 1.82) is 0 Å². The molecule has 7 heteroatoms. The molecular formula is C20H12N2O4S. The molecule has 0 N–H and O–H groups in total. The van der Waals surface area contributed by atoms with Gasteiger partial charge in [0.05, 0.1) is 16.2 Å². The number of fused-ring (bicyclic) bond motifs is 1. The van der Waals surface area contributed by atoms with Crippen LogP contribution in [0.3, 0.4) is 0 Å². The Morgan fingerprint density at radius 1 is 0.963 bits per heavy atom. The highest BCUT2D eigenvalue weighted by molar-refractivity contribution is 7.97. The van der Waals surface area contributed by atoms with Gasteiger partial charge in [-0.2, -0.15) is 0 Å². The molecule has 0 unspecified atom stereocenters. The van der Waals surface area contributed by atoms with Gasteiger partial charge in [0.2, 0.25) is 11.6 Å². The van der Waals surface area contributed by atoms with Gasteiger partial charge in [0, 0.05) is 28.8 Å². The Morgan fingerprint density at radius 2 is 1.74 bits per heavy atom. The summed E-state index contributed by atoms with van der Waals surface area (Å²) in [4.78, 5) is 35.6. The maximum Gasteiger partial charge on any atom is 0.270 e. The number of hydrogen-bond donors (Lipinski definition) is 0. The predicted octanol–water partition coefficient (Wildman–Crippen LogP) is 4.40. The maximum atomic E-state index is 12.5. The Balaban J connectivity index is 1.84. The molecule has 0 bridgehead atoms. The van der Waals surface area contributed by atoms with Crippen LogP contribution in [0.15, 0.2) is 71.8 Å². The highest BCUT2D eigenvalue weighted by Crippen LogP contribution is 2.36. The Labute approximate surface area is 158 Å². The van der Waals surface area contributed by atoms with Gasteiger partial charge in [-0.15, -0.1) is 0 Å². The minimum atomic E-state index is -0.558. The molecule has 0 fully saturated rings. The molecule has 1 aromatic heterocycles. The molecule has 27 heavy (non-hydrogen) atoms. The average Bonchev–Trinajstić information content (AvgIpc) is 3.04. The van der Waals surface area contributed by atoms with Crippen LogP contribution < -0.4 is 0 Å². The van der Waals surface area contributed by atoms with Gasteiger partial charge in [-0.1, -0.05) is 36.4 Å². The van der Waals surface area contributed by atoms with Crippen LogP contribution in [0, 0.1) is 10.1 Å². The molecule has 0 spiro atoms. The number of rotatable bonds is 4. The zero-order valence-electron chi connectivity index (χ0n) is 13.9. The topological polar surface area (TPSA) is 82.2 Å². The number of carbonyl (C=O) groups is 2. The monoisotopic (exact) mass is 376 g/mol. The maximum absolute atomic E-state index is 12.5.